The SMILES string of the molecule is C[Si](CC1C=Cc2ccccc21)C1C=Cc2ccccc21. The summed E-state index contributed by atoms with van der Waals surface area (Å²) in [5.74, 6) is 0.626. The summed E-state index contributed by atoms with van der Waals surface area (Å²) in [6.07, 6.45) is 9.45. The van der Waals surface area contributed by atoms with Crippen LogP contribution in [0, 0.1) is 0 Å². The third-order valence-electron chi connectivity index (χ3n) is 4.78. The van der Waals surface area contributed by atoms with E-state index < -0.39 is 8.80 Å². The fourth-order valence-electron chi connectivity index (χ4n) is 3.65. The van der Waals surface area contributed by atoms with E-state index in [2.05, 4.69) is 79.4 Å². The first-order valence-electron chi connectivity index (χ1n) is 7.69. The Morgan fingerprint density at radius 2 is 1.43 bits per heavy atom. The Kier molecular flexibility index (Phi) is 3.15. The monoisotopic (exact) mass is 287 g/mol. The van der Waals surface area contributed by atoms with Crippen molar-refractivity contribution < 1.29 is 0 Å². The first-order chi connectivity index (χ1) is 10.3. The average molecular weight is 287 g/mol. The normalized spacial score (nSPS) is 21.8. The molecule has 0 N–H and O–H groups in total. The maximum Gasteiger partial charge on any atom is 0.0590 e. The van der Waals surface area contributed by atoms with E-state index in [0.29, 0.717) is 11.5 Å². The summed E-state index contributed by atoms with van der Waals surface area (Å²) in [6.45, 7) is 2.50. The predicted octanol–water partition coefficient (Wildman–Crippen LogP) is 5.27. The second kappa shape index (κ2) is 5.16. The van der Waals surface area contributed by atoms with Crippen molar-refractivity contribution in [2.75, 3.05) is 0 Å². The number of fused-ring (bicyclic) bond motifs is 2. The Balaban J connectivity index is 1.55. The van der Waals surface area contributed by atoms with Gasteiger partial charge in [-0.25, -0.2) is 0 Å². The highest BCUT2D eigenvalue weighted by atomic mass is 28.3. The van der Waals surface area contributed by atoms with E-state index in [4.69, 9.17) is 0 Å². The molecule has 0 aromatic heterocycles. The lowest BCUT2D eigenvalue weighted by Crippen LogP contribution is -2.19. The fourth-order valence-corrected chi connectivity index (χ4v) is 6.18. The Morgan fingerprint density at radius 1 is 0.810 bits per heavy atom. The van der Waals surface area contributed by atoms with Crippen LogP contribution in [0.25, 0.3) is 12.2 Å². The Bertz CT molecular complexity index is 726. The van der Waals surface area contributed by atoms with Crippen molar-refractivity contribution in [3.8, 4) is 0 Å². The van der Waals surface area contributed by atoms with Crippen molar-refractivity contribution in [1.29, 1.82) is 0 Å². The van der Waals surface area contributed by atoms with E-state index in [9.17, 15) is 0 Å². The van der Waals surface area contributed by atoms with Crippen molar-refractivity contribution in [2.24, 2.45) is 0 Å². The standard InChI is InChI=1S/C20H19Si/c1-21(20-13-12-16-7-3-5-9-19(16)20)14-17-11-10-15-6-2-4-8-18(15)17/h2-13,17,20H,14H2,1H3. The van der Waals surface area contributed by atoms with Gasteiger partial charge in [-0.1, -0.05) is 79.4 Å². The summed E-state index contributed by atoms with van der Waals surface area (Å²) < 4.78 is 0. The van der Waals surface area contributed by atoms with Crippen LogP contribution < -0.4 is 0 Å². The minimum absolute atomic E-state index is 0.442. The lowest BCUT2D eigenvalue weighted by molar-refractivity contribution is 0.952. The van der Waals surface area contributed by atoms with Gasteiger partial charge in [-0.15, -0.1) is 0 Å². The maximum atomic E-state index is 2.50. The highest BCUT2D eigenvalue weighted by molar-refractivity contribution is 6.60. The van der Waals surface area contributed by atoms with Crippen molar-refractivity contribution in [1.82, 2.24) is 0 Å². The number of benzene rings is 2. The summed E-state index contributed by atoms with van der Waals surface area (Å²) in [7, 11) is -0.442. The van der Waals surface area contributed by atoms with Gasteiger partial charge in [-0.3, -0.25) is 0 Å². The summed E-state index contributed by atoms with van der Waals surface area (Å²) >= 11 is 0. The molecule has 2 unspecified atom stereocenters. The van der Waals surface area contributed by atoms with Gasteiger partial charge in [0.2, 0.25) is 0 Å². The van der Waals surface area contributed by atoms with Crippen molar-refractivity contribution in [3.63, 3.8) is 0 Å². The molecular formula is C20H19Si. The first kappa shape index (κ1) is 12.8. The summed E-state index contributed by atoms with van der Waals surface area (Å²) in [6, 6.07) is 19.0. The topological polar surface area (TPSA) is 0 Å². The predicted molar refractivity (Wildman–Crippen MR) is 92.9 cm³/mol. The molecule has 0 amide bonds. The Morgan fingerprint density at radius 3 is 2.24 bits per heavy atom. The highest BCUT2D eigenvalue weighted by Gasteiger charge is 2.27. The van der Waals surface area contributed by atoms with Gasteiger partial charge in [0.1, 0.15) is 0 Å². The number of allylic oxidation sites excluding steroid dienone is 2. The molecule has 0 fully saturated rings. The Labute approximate surface area is 128 Å². The van der Waals surface area contributed by atoms with Crippen molar-refractivity contribution in [2.45, 2.75) is 24.1 Å². The molecule has 0 nitrogen and oxygen atoms in total. The highest BCUT2D eigenvalue weighted by Crippen LogP contribution is 2.39. The van der Waals surface area contributed by atoms with Crippen LogP contribution in [-0.4, -0.2) is 8.80 Å². The smallest absolute Gasteiger partial charge is 0.0590 e. The fraction of sp³-hybridized carbons (Fsp3) is 0.200. The summed E-state index contributed by atoms with van der Waals surface area (Å²) in [4.78, 5) is 0. The molecule has 0 saturated carbocycles. The van der Waals surface area contributed by atoms with E-state index >= 15 is 0 Å². The van der Waals surface area contributed by atoms with Crippen LogP contribution in [0.1, 0.15) is 33.7 Å². The quantitative estimate of drug-likeness (QED) is 0.674. The van der Waals surface area contributed by atoms with Gasteiger partial charge in [-0.2, -0.15) is 0 Å². The van der Waals surface area contributed by atoms with E-state index in [1.54, 1.807) is 5.56 Å². The van der Waals surface area contributed by atoms with Gasteiger partial charge in [0.25, 0.3) is 0 Å². The first-order valence-corrected chi connectivity index (χ1v) is 9.98. The van der Waals surface area contributed by atoms with Gasteiger partial charge in [0.05, 0.1) is 8.80 Å². The summed E-state index contributed by atoms with van der Waals surface area (Å²) in [5, 5.41) is 0. The molecule has 0 bridgehead atoms. The molecule has 2 aliphatic carbocycles. The largest absolute Gasteiger partial charge is 0.0794 e. The van der Waals surface area contributed by atoms with E-state index in [0.717, 1.165) is 0 Å². The van der Waals surface area contributed by atoms with E-state index in [1.165, 1.54) is 22.7 Å². The molecule has 2 aromatic carbocycles. The molecule has 21 heavy (non-hydrogen) atoms. The van der Waals surface area contributed by atoms with E-state index in [-0.39, 0.29) is 0 Å². The molecule has 103 valence electrons. The molecule has 0 aliphatic heterocycles. The van der Waals surface area contributed by atoms with Gasteiger partial charge in [0.15, 0.2) is 0 Å². The third kappa shape index (κ3) is 2.22. The molecule has 2 atom stereocenters. The van der Waals surface area contributed by atoms with Gasteiger partial charge in [-0.05, 0) is 33.8 Å². The lowest BCUT2D eigenvalue weighted by atomic mass is 10.0. The second-order valence-electron chi connectivity index (χ2n) is 6.11. The zero-order valence-electron chi connectivity index (χ0n) is 12.3. The second-order valence-corrected chi connectivity index (χ2v) is 8.83. The molecule has 2 aliphatic rings. The molecular weight excluding hydrogens is 268 g/mol. The van der Waals surface area contributed by atoms with Crippen LogP contribution in [0.15, 0.2) is 60.7 Å². The van der Waals surface area contributed by atoms with Crippen molar-refractivity contribution >= 4 is 20.9 Å². The Hall–Kier alpha value is -1.86. The number of rotatable bonds is 3. The van der Waals surface area contributed by atoms with Crippen LogP contribution in [0.2, 0.25) is 12.6 Å². The van der Waals surface area contributed by atoms with Gasteiger partial charge in [0, 0.05) is 5.92 Å². The third-order valence-corrected chi connectivity index (χ3v) is 7.42. The zero-order chi connectivity index (χ0) is 14.2. The number of hydrogen-bond donors (Lipinski definition) is 0. The van der Waals surface area contributed by atoms with Crippen LogP contribution in [0.5, 0.6) is 0 Å². The minimum Gasteiger partial charge on any atom is -0.0794 e. The minimum atomic E-state index is -0.442. The van der Waals surface area contributed by atoms with Crippen LogP contribution in [0.4, 0.5) is 0 Å². The molecule has 4 rings (SSSR count). The maximum absolute atomic E-state index is 2.50. The van der Waals surface area contributed by atoms with Gasteiger partial charge < -0.3 is 0 Å². The lowest BCUT2D eigenvalue weighted by Gasteiger charge is -2.21. The number of hydrogen-bond acceptors (Lipinski definition) is 0. The molecule has 1 radical (unpaired) electrons. The molecule has 0 spiro atoms. The molecule has 0 saturated heterocycles. The van der Waals surface area contributed by atoms with Gasteiger partial charge >= 0.3 is 0 Å². The van der Waals surface area contributed by atoms with Crippen LogP contribution >= 0.6 is 0 Å². The molecule has 0 heterocycles. The molecule has 2 aromatic rings. The molecule has 1 heteroatoms. The average Bonchev–Trinajstić information content (AvgIpc) is 3.12. The van der Waals surface area contributed by atoms with E-state index in [1.807, 2.05) is 0 Å². The van der Waals surface area contributed by atoms with Crippen LogP contribution in [0.3, 0.4) is 0 Å². The summed E-state index contributed by atoms with van der Waals surface area (Å²) in [5.41, 5.74) is 6.59. The van der Waals surface area contributed by atoms with Crippen molar-refractivity contribution in [3.05, 3.63) is 82.9 Å². The van der Waals surface area contributed by atoms with Crippen LogP contribution in [-0.2, 0) is 0 Å². The zero-order valence-corrected chi connectivity index (χ0v) is 13.3.